The van der Waals surface area contributed by atoms with Crippen LogP contribution >= 0.6 is 11.9 Å². The number of hydrogen-bond donors (Lipinski definition) is 0. The normalized spacial score (nSPS) is 26.6. The van der Waals surface area contributed by atoms with Crippen LogP contribution in [0, 0.1) is 5.92 Å². The van der Waals surface area contributed by atoms with Gasteiger partial charge in [-0.15, -0.1) is 0 Å². The maximum Gasteiger partial charge on any atom is 0.451 e. The fourth-order valence-electron chi connectivity index (χ4n) is 1.49. The molecular weight excluding hydrogens is 221 g/mol. The quantitative estimate of drug-likeness (QED) is 0.509. The summed E-state index contributed by atoms with van der Waals surface area (Å²) in [5.74, 6) is -2.35. The van der Waals surface area contributed by atoms with Crippen molar-refractivity contribution < 1.29 is 22.3 Å². The first-order valence-electron chi connectivity index (χ1n) is 4.01. The maximum absolute atomic E-state index is 12.3. The minimum atomic E-state index is -4.70. The third-order valence-corrected chi connectivity index (χ3v) is 2.33. The van der Waals surface area contributed by atoms with Crippen LogP contribution in [-0.4, -0.2) is 12.0 Å². The van der Waals surface area contributed by atoms with Gasteiger partial charge in [0.2, 0.25) is 5.76 Å². The molecule has 14 heavy (non-hydrogen) atoms. The largest absolute Gasteiger partial charge is 0.451 e. The first-order chi connectivity index (χ1) is 6.38. The second-order valence-electron chi connectivity index (χ2n) is 3.18. The lowest BCUT2D eigenvalue weighted by molar-refractivity contribution is -0.123. The maximum atomic E-state index is 12.3. The number of Topliss-reactive ketones (excluding diaryl/α,β-unsaturated/α-hetero) is 1. The number of alkyl halides is 3. The van der Waals surface area contributed by atoms with Gasteiger partial charge in [0, 0.05) is 12.0 Å². The average molecular weight is 229 g/mol. The van der Waals surface area contributed by atoms with Crippen molar-refractivity contribution in [3.05, 3.63) is 11.3 Å². The Kier molecular flexibility index (Phi) is 3.09. The lowest BCUT2D eigenvalue weighted by atomic mass is 10.0. The van der Waals surface area contributed by atoms with Gasteiger partial charge in [0.05, 0.1) is 0 Å². The summed E-state index contributed by atoms with van der Waals surface area (Å²) in [4.78, 5) is 11.1. The van der Waals surface area contributed by atoms with Gasteiger partial charge >= 0.3 is 6.18 Å². The van der Waals surface area contributed by atoms with E-state index in [0.717, 1.165) is 0 Å². The molecule has 1 atom stereocenters. The molecule has 0 aromatic carbocycles. The second-order valence-corrected chi connectivity index (χ2v) is 3.33. The van der Waals surface area contributed by atoms with E-state index in [1.165, 1.54) is 0 Å². The summed E-state index contributed by atoms with van der Waals surface area (Å²) in [6.07, 6.45) is -4.17. The molecular formula is C8H8ClF3O2. The predicted molar refractivity (Wildman–Crippen MR) is 43.4 cm³/mol. The molecule has 0 saturated heterocycles. The zero-order chi connectivity index (χ0) is 10.9. The van der Waals surface area contributed by atoms with E-state index in [4.69, 9.17) is 11.9 Å². The highest BCUT2D eigenvalue weighted by molar-refractivity contribution is 6.09. The fraction of sp³-hybridized carbons (Fsp3) is 0.625. The minimum absolute atomic E-state index is 0.121. The van der Waals surface area contributed by atoms with Crippen molar-refractivity contribution in [1.29, 1.82) is 0 Å². The standard InChI is InChI=1S/C8H8ClF3O2/c1-4-2-3-5(13)6(4)7(14-9)8(10,11)12/h4H,2-3H2,1H3/b7-6-. The summed E-state index contributed by atoms with van der Waals surface area (Å²) in [7, 11) is 0. The number of hydrogen-bond acceptors (Lipinski definition) is 2. The van der Waals surface area contributed by atoms with Gasteiger partial charge in [0.1, 0.15) is 11.9 Å². The Balaban J connectivity index is 3.16. The van der Waals surface area contributed by atoms with Crippen LogP contribution < -0.4 is 0 Å². The number of carbonyl (C=O) groups is 1. The van der Waals surface area contributed by atoms with E-state index >= 15 is 0 Å². The van der Waals surface area contributed by atoms with Gasteiger partial charge in [-0.3, -0.25) is 4.79 Å². The Morgan fingerprint density at radius 2 is 2.14 bits per heavy atom. The van der Waals surface area contributed by atoms with Gasteiger partial charge in [0.25, 0.3) is 0 Å². The van der Waals surface area contributed by atoms with Crippen molar-refractivity contribution >= 4 is 17.6 Å². The molecule has 1 unspecified atom stereocenters. The van der Waals surface area contributed by atoms with Crippen LogP contribution in [0.4, 0.5) is 13.2 Å². The Morgan fingerprint density at radius 3 is 2.43 bits per heavy atom. The molecule has 0 N–H and O–H groups in total. The third kappa shape index (κ3) is 2.03. The molecule has 1 rings (SSSR count). The van der Waals surface area contributed by atoms with Crippen molar-refractivity contribution in [2.24, 2.45) is 5.92 Å². The molecule has 1 fully saturated rings. The van der Waals surface area contributed by atoms with Crippen molar-refractivity contribution in [3.63, 3.8) is 0 Å². The highest BCUT2D eigenvalue weighted by atomic mass is 35.5. The number of halogens is 4. The molecule has 0 amide bonds. The van der Waals surface area contributed by atoms with E-state index < -0.39 is 23.6 Å². The van der Waals surface area contributed by atoms with Crippen LogP contribution in [0.5, 0.6) is 0 Å². The van der Waals surface area contributed by atoms with E-state index in [1.807, 2.05) is 0 Å². The van der Waals surface area contributed by atoms with Crippen LogP contribution in [0.2, 0.25) is 0 Å². The van der Waals surface area contributed by atoms with E-state index in [9.17, 15) is 18.0 Å². The second kappa shape index (κ2) is 3.81. The van der Waals surface area contributed by atoms with Gasteiger partial charge in [-0.05, 0) is 12.3 Å². The molecule has 1 aliphatic carbocycles. The van der Waals surface area contributed by atoms with Gasteiger partial charge in [-0.2, -0.15) is 13.2 Å². The van der Waals surface area contributed by atoms with Gasteiger partial charge < -0.3 is 4.29 Å². The Morgan fingerprint density at radius 1 is 1.57 bits per heavy atom. The topological polar surface area (TPSA) is 26.3 Å². The highest BCUT2D eigenvalue weighted by Gasteiger charge is 2.43. The number of allylic oxidation sites excluding steroid dienone is 2. The van der Waals surface area contributed by atoms with Gasteiger partial charge in [0.15, 0.2) is 5.78 Å². The molecule has 0 radical (unpaired) electrons. The third-order valence-electron chi connectivity index (χ3n) is 2.18. The lowest BCUT2D eigenvalue weighted by Gasteiger charge is -2.12. The fourth-order valence-corrected chi connectivity index (χ4v) is 1.66. The molecule has 2 nitrogen and oxygen atoms in total. The van der Waals surface area contributed by atoms with E-state index in [2.05, 4.69) is 4.29 Å². The molecule has 0 heterocycles. The van der Waals surface area contributed by atoms with Crippen molar-refractivity contribution in [1.82, 2.24) is 0 Å². The number of rotatable bonds is 1. The average Bonchev–Trinajstić information content (AvgIpc) is 2.34. The summed E-state index contributed by atoms with van der Waals surface area (Å²) in [6.45, 7) is 1.54. The molecule has 0 bridgehead atoms. The molecule has 1 aliphatic rings. The van der Waals surface area contributed by atoms with Crippen molar-refractivity contribution in [3.8, 4) is 0 Å². The SMILES string of the molecule is CC1CCC(=O)/C1=C(\OCl)C(F)(F)F. The monoisotopic (exact) mass is 228 g/mol. The molecule has 0 aliphatic heterocycles. The first kappa shape index (κ1) is 11.4. The van der Waals surface area contributed by atoms with Crippen LogP contribution in [0.1, 0.15) is 19.8 Å². The smallest absolute Gasteiger partial charge is 0.380 e. The van der Waals surface area contributed by atoms with Crippen LogP contribution in [0.25, 0.3) is 0 Å². The molecule has 0 aromatic heterocycles. The summed E-state index contributed by atoms with van der Waals surface area (Å²) >= 11 is 4.73. The molecule has 0 aromatic rings. The van der Waals surface area contributed by atoms with E-state index in [0.29, 0.717) is 6.42 Å². The Hall–Kier alpha value is -0.710. The highest BCUT2D eigenvalue weighted by Crippen LogP contribution is 2.38. The number of ketones is 1. The zero-order valence-corrected chi connectivity index (χ0v) is 8.08. The van der Waals surface area contributed by atoms with E-state index in [-0.39, 0.29) is 12.0 Å². The first-order valence-corrected chi connectivity index (χ1v) is 4.32. The summed E-state index contributed by atoms with van der Waals surface area (Å²) in [6, 6.07) is 0. The Labute approximate surface area is 83.8 Å². The lowest BCUT2D eigenvalue weighted by Crippen LogP contribution is -2.18. The molecule has 6 heteroatoms. The van der Waals surface area contributed by atoms with Gasteiger partial charge in [-0.25, -0.2) is 0 Å². The van der Waals surface area contributed by atoms with Crippen LogP contribution in [-0.2, 0) is 9.08 Å². The van der Waals surface area contributed by atoms with Crippen LogP contribution in [0.15, 0.2) is 11.3 Å². The summed E-state index contributed by atoms with van der Waals surface area (Å²) < 4.78 is 40.6. The zero-order valence-electron chi connectivity index (χ0n) is 7.32. The van der Waals surface area contributed by atoms with Gasteiger partial charge in [-0.1, -0.05) is 6.92 Å². The van der Waals surface area contributed by atoms with E-state index in [1.54, 1.807) is 6.92 Å². The molecule has 0 spiro atoms. The number of carbonyl (C=O) groups excluding carboxylic acids is 1. The van der Waals surface area contributed by atoms with Crippen LogP contribution in [0.3, 0.4) is 0 Å². The minimum Gasteiger partial charge on any atom is -0.380 e. The predicted octanol–water partition coefficient (Wildman–Crippen LogP) is 2.97. The Bertz CT molecular complexity index is 283. The van der Waals surface area contributed by atoms with Crippen molar-refractivity contribution in [2.45, 2.75) is 25.9 Å². The molecule has 80 valence electrons. The summed E-state index contributed by atoms with van der Waals surface area (Å²) in [5, 5.41) is 0. The van der Waals surface area contributed by atoms with Crippen molar-refractivity contribution in [2.75, 3.05) is 0 Å². The summed E-state index contributed by atoms with van der Waals surface area (Å²) in [5.41, 5.74) is -0.340. The molecule has 1 saturated carbocycles.